The van der Waals surface area contributed by atoms with E-state index in [4.69, 9.17) is 4.74 Å². The molecule has 1 aromatic heterocycles. The van der Waals surface area contributed by atoms with Gasteiger partial charge in [-0.3, -0.25) is 14.9 Å². The van der Waals surface area contributed by atoms with E-state index in [9.17, 15) is 20.0 Å². The molecular weight excluding hydrogens is 310 g/mol. The molecule has 0 aliphatic carbocycles. The molecule has 23 heavy (non-hydrogen) atoms. The van der Waals surface area contributed by atoms with Gasteiger partial charge in [0.2, 0.25) is 0 Å². The molecule has 0 fully saturated rings. The van der Waals surface area contributed by atoms with Gasteiger partial charge in [0, 0.05) is 11.6 Å². The molecule has 0 unspecified atom stereocenters. The van der Waals surface area contributed by atoms with Gasteiger partial charge in [-0.25, -0.2) is 10.1 Å². The summed E-state index contributed by atoms with van der Waals surface area (Å²) in [5, 5.41) is 34.6. The number of methoxy groups -OCH3 is 1. The SMILES string of the molecule is COc1cc([N+](=O)[O-])cc(C=NNC(=O)Cn2cnnn2)c1O. The molecule has 2 N–H and O–H groups in total. The average molecular weight is 321 g/mol. The molecule has 12 heteroatoms. The summed E-state index contributed by atoms with van der Waals surface area (Å²) in [6.07, 6.45) is 2.31. The molecule has 0 spiro atoms. The van der Waals surface area contributed by atoms with Crippen LogP contribution in [0, 0.1) is 10.1 Å². The fourth-order valence-electron chi connectivity index (χ4n) is 1.58. The minimum atomic E-state index is -0.643. The highest BCUT2D eigenvalue weighted by molar-refractivity contribution is 5.87. The number of rotatable bonds is 6. The second-order valence-corrected chi connectivity index (χ2v) is 4.14. The molecule has 0 saturated carbocycles. The Balaban J connectivity index is 2.10. The number of aromatic nitrogens is 4. The lowest BCUT2D eigenvalue weighted by molar-refractivity contribution is -0.385. The van der Waals surface area contributed by atoms with Crippen LogP contribution >= 0.6 is 0 Å². The highest BCUT2D eigenvalue weighted by Gasteiger charge is 2.15. The van der Waals surface area contributed by atoms with Gasteiger partial charge in [-0.15, -0.1) is 5.10 Å². The number of carbonyl (C=O) groups is 1. The van der Waals surface area contributed by atoms with Crippen LogP contribution in [0.25, 0.3) is 0 Å². The minimum absolute atomic E-state index is 0.0128. The lowest BCUT2D eigenvalue weighted by atomic mass is 10.2. The van der Waals surface area contributed by atoms with Gasteiger partial charge in [-0.05, 0) is 10.4 Å². The number of carbonyl (C=O) groups excluding carboxylic acids is 1. The van der Waals surface area contributed by atoms with Gasteiger partial charge in [0.1, 0.15) is 12.9 Å². The van der Waals surface area contributed by atoms with Crippen LogP contribution in [0.2, 0.25) is 0 Å². The van der Waals surface area contributed by atoms with Gasteiger partial charge in [0.05, 0.1) is 24.3 Å². The average Bonchev–Trinajstić information content (AvgIpc) is 3.01. The molecule has 0 atom stereocenters. The number of hydrogen-bond acceptors (Lipinski definition) is 9. The fourth-order valence-corrected chi connectivity index (χ4v) is 1.58. The van der Waals surface area contributed by atoms with Gasteiger partial charge < -0.3 is 9.84 Å². The van der Waals surface area contributed by atoms with Crippen LogP contribution < -0.4 is 10.2 Å². The smallest absolute Gasteiger partial charge is 0.274 e. The number of benzene rings is 1. The first-order chi connectivity index (χ1) is 11.0. The van der Waals surface area contributed by atoms with Gasteiger partial charge in [0.25, 0.3) is 11.6 Å². The number of ether oxygens (including phenoxy) is 1. The standard InChI is InChI=1S/C11H11N7O5/c1-23-9-3-8(18(21)22)2-7(11(9)20)4-12-14-10(19)5-17-6-13-15-16-17/h2-4,6,20H,5H2,1H3,(H,14,19). The highest BCUT2D eigenvalue weighted by Crippen LogP contribution is 2.33. The predicted octanol–water partition coefficient (Wildman–Crippen LogP) is -0.554. The fraction of sp³-hybridized carbons (Fsp3) is 0.182. The van der Waals surface area contributed by atoms with Gasteiger partial charge in [-0.1, -0.05) is 0 Å². The van der Waals surface area contributed by atoms with E-state index in [1.807, 2.05) is 0 Å². The number of hydrogen-bond donors (Lipinski definition) is 2. The predicted molar refractivity (Wildman–Crippen MR) is 74.9 cm³/mol. The maximum absolute atomic E-state index is 11.5. The molecular formula is C11H11N7O5. The number of tetrazole rings is 1. The van der Waals surface area contributed by atoms with Crippen molar-refractivity contribution in [1.82, 2.24) is 25.6 Å². The molecule has 2 rings (SSSR count). The Kier molecular flexibility index (Phi) is 4.76. The maximum Gasteiger partial charge on any atom is 0.274 e. The van der Waals surface area contributed by atoms with E-state index in [0.29, 0.717) is 0 Å². The summed E-state index contributed by atoms with van der Waals surface area (Å²) in [4.78, 5) is 21.7. The molecule has 0 bridgehead atoms. The lowest BCUT2D eigenvalue weighted by Crippen LogP contribution is -2.23. The molecule has 120 valence electrons. The largest absolute Gasteiger partial charge is 0.504 e. The molecule has 0 saturated heterocycles. The molecule has 0 radical (unpaired) electrons. The summed E-state index contributed by atoms with van der Waals surface area (Å²) in [6.45, 7) is -0.158. The molecule has 0 aliphatic heterocycles. The Bertz CT molecular complexity index is 743. The second-order valence-electron chi connectivity index (χ2n) is 4.14. The van der Waals surface area contributed by atoms with Crippen LogP contribution in [0.3, 0.4) is 0 Å². The van der Waals surface area contributed by atoms with Crippen molar-refractivity contribution in [1.29, 1.82) is 0 Å². The highest BCUT2D eigenvalue weighted by atomic mass is 16.6. The molecule has 1 heterocycles. The summed E-state index contributed by atoms with van der Waals surface area (Å²) in [5.74, 6) is -0.942. The van der Waals surface area contributed by atoms with Crippen molar-refractivity contribution in [2.75, 3.05) is 7.11 Å². The number of aromatic hydroxyl groups is 1. The van der Waals surface area contributed by atoms with Crippen molar-refractivity contribution in [2.24, 2.45) is 5.10 Å². The van der Waals surface area contributed by atoms with Crippen molar-refractivity contribution < 1.29 is 19.6 Å². The minimum Gasteiger partial charge on any atom is -0.504 e. The summed E-state index contributed by atoms with van der Waals surface area (Å²) < 4.78 is 6.02. The summed E-state index contributed by atoms with van der Waals surface area (Å²) >= 11 is 0. The summed E-state index contributed by atoms with van der Waals surface area (Å²) in [5.41, 5.74) is 1.90. The zero-order valence-electron chi connectivity index (χ0n) is 11.8. The second kappa shape index (κ2) is 6.93. The third kappa shape index (κ3) is 3.96. The van der Waals surface area contributed by atoms with Gasteiger partial charge >= 0.3 is 0 Å². The van der Waals surface area contributed by atoms with Crippen LogP contribution in [0.15, 0.2) is 23.6 Å². The third-order valence-corrected chi connectivity index (χ3v) is 2.61. The Labute approximate surface area is 128 Å². The number of phenolic OH excluding ortho intramolecular Hbond substituents is 1. The molecule has 1 aromatic carbocycles. The zero-order chi connectivity index (χ0) is 16.8. The quantitative estimate of drug-likeness (QED) is 0.407. The Hall–Kier alpha value is -3.57. The molecule has 2 aromatic rings. The molecule has 0 aliphatic rings. The topological polar surface area (TPSA) is 158 Å². The zero-order valence-corrected chi connectivity index (χ0v) is 11.8. The number of nitrogens with zero attached hydrogens (tertiary/aromatic N) is 6. The number of amides is 1. The van der Waals surface area contributed by atoms with Crippen molar-refractivity contribution >= 4 is 17.8 Å². The van der Waals surface area contributed by atoms with Gasteiger partial charge in [-0.2, -0.15) is 5.10 Å². The van der Waals surface area contributed by atoms with Gasteiger partial charge in [0.15, 0.2) is 11.5 Å². The number of nitro benzene ring substituents is 1. The van der Waals surface area contributed by atoms with Crippen molar-refractivity contribution in [3.05, 3.63) is 34.1 Å². The maximum atomic E-state index is 11.5. The van der Waals surface area contributed by atoms with E-state index < -0.39 is 10.8 Å². The first-order valence-electron chi connectivity index (χ1n) is 6.09. The summed E-state index contributed by atoms with van der Waals surface area (Å²) in [6, 6.07) is 2.16. The summed E-state index contributed by atoms with van der Waals surface area (Å²) in [7, 11) is 1.26. The van der Waals surface area contributed by atoms with Crippen LogP contribution in [0.1, 0.15) is 5.56 Å². The number of nitro groups is 1. The number of nitrogens with one attached hydrogen (secondary N) is 1. The Morgan fingerprint density at radius 2 is 2.39 bits per heavy atom. The molecule has 12 nitrogen and oxygen atoms in total. The van der Waals surface area contributed by atoms with E-state index in [1.54, 1.807) is 0 Å². The monoisotopic (exact) mass is 321 g/mol. The van der Waals surface area contributed by atoms with Crippen molar-refractivity contribution in [3.63, 3.8) is 0 Å². The van der Waals surface area contributed by atoms with E-state index in [1.165, 1.54) is 18.1 Å². The molecule has 1 amide bonds. The first kappa shape index (κ1) is 15.8. The van der Waals surface area contributed by atoms with E-state index in [0.717, 1.165) is 18.3 Å². The Morgan fingerprint density at radius 3 is 3.00 bits per heavy atom. The Morgan fingerprint density at radius 1 is 1.61 bits per heavy atom. The van der Waals surface area contributed by atoms with E-state index >= 15 is 0 Å². The number of hydrazone groups is 1. The van der Waals surface area contributed by atoms with Crippen LogP contribution in [-0.2, 0) is 11.3 Å². The number of phenols is 1. The van der Waals surface area contributed by atoms with E-state index in [2.05, 4.69) is 26.1 Å². The van der Waals surface area contributed by atoms with Crippen molar-refractivity contribution in [3.8, 4) is 11.5 Å². The third-order valence-electron chi connectivity index (χ3n) is 2.61. The first-order valence-corrected chi connectivity index (χ1v) is 6.09. The van der Waals surface area contributed by atoms with Crippen LogP contribution in [0.5, 0.6) is 11.5 Å². The lowest BCUT2D eigenvalue weighted by Gasteiger charge is -2.06. The van der Waals surface area contributed by atoms with Crippen LogP contribution in [-0.4, -0.2) is 49.5 Å². The normalized spacial score (nSPS) is 10.7. The van der Waals surface area contributed by atoms with Crippen LogP contribution in [0.4, 0.5) is 5.69 Å². The van der Waals surface area contributed by atoms with E-state index in [-0.39, 0.29) is 29.3 Å². The van der Waals surface area contributed by atoms with Crippen molar-refractivity contribution in [2.45, 2.75) is 6.54 Å². The number of non-ortho nitro benzene ring substituents is 1.